The summed E-state index contributed by atoms with van der Waals surface area (Å²) < 4.78 is 0. The maximum atomic E-state index is 9.30. The summed E-state index contributed by atoms with van der Waals surface area (Å²) in [5.41, 5.74) is 0. The Morgan fingerprint density at radius 1 is 0.366 bits per heavy atom. The predicted molar refractivity (Wildman–Crippen MR) is 187 cm³/mol. The van der Waals surface area contributed by atoms with Crippen LogP contribution in [0.25, 0.3) is 0 Å². The summed E-state index contributed by atoms with van der Waals surface area (Å²) >= 11 is 0. The van der Waals surface area contributed by atoms with Crippen molar-refractivity contribution in [3.05, 3.63) is 48.6 Å². The van der Waals surface area contributed by atoms with Gasteiger partial charge in [-0.1, -0.05) is 140 Å². The van der Waals surface area contributed by atoms with Gasteiger partial charge in [0.2, 0.25) is 0 Å². The molecule has 0 amide bonds. The second kappa shape index (κ2) is 36.9. The third-order valence-electron chi connectivity index (χ3n) is 7.98. The molecular formula is C39H73NO. The number of unbranched alkanes of at least 4 members (excludes halogenated alkanes) is 18. The summed E-state index contributed by atoms with van der Waals surface area (Å²) in [4.78, 5) is 2.61. The number of aliphatic hydroxyl groups is 1. The average Bonchev–Trinajstić information content (AvgIpc) is 2.98. The van der Waals surface area contributed by atoms with Crippen molar-refractivity contribution in [3.63, 3.8) is 0 Å². The van der Waals surface area contributed by atoms with Crippen LogP contribution in [0.3, 0.4) is 0 Å². The van der Waals surface area contributed by atoms with Crippen LogP contribution in [0, 0.1) is 0 Å². The smallest absolute Gasteiger partial charge is 0.0443 e. The SMILES string of the molecule is CCCCCC=CCC=CCCCCCCCCN(CCCO)CCCCCCCCC=CCC=CCCCCC. The number of nitrogens with zero attached hydrogens (tertiary/aromatic N) is 1. The van der Waals surface area contributed by atoms with E-state index in [1.807, 2.05) is 0 Å². The summed E-state index contributed by atoms with van der Waals surface area (Å²) in [5.74, 6) is 0. The van der Waals surface area contributed by atoms with Crippen LogP contribution in [0.4, 0.5) is 0 Å². The van der Waals surface area contributed by atoms with Crippen LogP contribution < -0.4 is 0 Å². The predicted octanol–water partition coefficient (Wildman–Crippen LogP) is 12.3. The molecule has 0 heterocycles. The molecule has 0 aromatic rings. The van der Waals surface area contributed by atoms with Crippen molar-refractivity contribution < 1.29 is 5.11 Å². The van der Waals surface area contributed by atoms with Gasteiger partial charge >= 0.3 is 0 Å². The molecule has 1 N–H and O–H groups in total. The van der Waals surface area contributed by atoms with Crippen molar-refractivity contribution in [2.45, 2.75) is 174 Å². The molecule has 0 saturated heterocycles. The van der Waals surface area contributed by atoms with Crippen LogP contribution in [-0.4, -0.2) is 36.2 Å². The molecule has 240 valence electrons. The Morgan fingerprint density at radius 2 is 0.683 bits per heavy atom. The van der Waals surface area contributed by atoms with Gasteiger partial charge in [0.15, 0.2) is 0 Å². The van der Waals surface area contributed by atoms with Crippen molar-refractivity contribution in [2.24, 2.45) is 0 Å². The standard InChI is InChI=1S/C39H73NO/c1-3-5-7-9-11-13-15-17-19-21-23-25-27-29-31-33-36-40(38-35-39-41)37-34-32-30-28-26-24-22-20-18-16-14-12-10-8-6-4-2/h11-14,17-20,41H,3-10,15-16,21-39H2,1-2H3. The Bertz CT molecular complexity index is 542. The maximum Gasteiger partial charge on any atom is 0.0443 e. The molecule has 2 heteroatoms. The first kappa shape index (κ1) is 39.9. The molecule has 0 bridgehead atoms. The highest BCUT2D eigenvalue weighted by atomic mass is 16.3. The van der Waals surface area contributed by atoms with Gasteiger partial charge in [-0.2, -0.15) is 0 Å². The highest BCUT2D eigenvalue weighted by molar-refractivity contribution is 4.93. The zero-order valence-corrected chi connectivity index (χ0v) is 28.0. The number of hydrogen-bond donors (Lipinski definition) is 1. The monoisotopic (exact) mass is 572 g/mol. The molecule has 2 nitrogen and oxygen atoms in total. The first-order chi connectivity index (χ1) is 20.3. The molecular weight excluding hydrogens is 498 g/mol. The van der Waals surface area contributed by atoms with E-state index in [4.69, 9.17) is 0 Å². The fourth-order valence-corrected chi connectivity index (χ4v) is 5.28. The summed E-state index contributed by atoms with van der Waals surface area (Å²) in [6.45, 7) is 8.36. The minimum absolute atomic E-state index is 0.323. The topological polar surface area (TPSA) is 23.5 Å². The molecule has 0 saturated carbocycles. The highest BCUT2D eigenvalue weighted by Crippen LogP contribution is 2.12. The van der Waals surface area contributed by atoms with Gasteiger partial charge in [0.1, 0.15) is 0 Å². The van der Waals surface area contributed by atoms with Crippen LogP contribution >= 0.6 is 0 Å². The number of aliphatic hydroxyl groups excluding tert-OH is 1. The Labute approximate surface area is 258 Å². The van der Waals surface area contributed by atoms with Crippen LogP contribution in [0.1, 0.15) is 174 Å². The molecule has 0 aliphatic rings. The second-order valence-corrected chi connectivity index (χ2v) is 12.1. The molecule has 0 radical (unpaired) electrons. The lowest BCUT2D eigenvalue weighted by Gasteiger charge is -2.22. The quantitative estimate of drug-likeness (QED) is 0.0625. The molecule has 0 fully saturated rings. The zero-order chi connectivity index (χ0) is 29.7. The van der Waals surface area contributed by atoms with Crippen molar-refractivity contribution in [1.82, 2.24) is 4.90 Å². The normalized spacial score (nSPS) is 12.5. The Morgan fingerprint density at radius 3 is 1.05 bits per heavy atom. The summed E-state index contributed by atoms with van der Waals surface area (Å²) in [5, 5.41) is 9.30. The molecule has 0 spiro atoms. The lowest BCUT2D eigenvalue weighted by Crippen LogP contribution is -2.27. The van der Waals surface area contributed by atoms with Crippen molar-refractivity contribution in [3.8, 4) is 0 Å². The van der Waals surface area contributed by atoms with Crippen molar-refractivity contribution in [1.29, 1.82) is 0 Å². The minimum atomic E-state index is 0.323. The Balaban J connectivity index is 3.60. The average molecular weight is 572 g/mol. The van der Waals surface area contributed by atoms with Crippen LogP contribution in [0.15, 0.2) is 48.6 Å². The van der Waals surface area contributed by atoms with Gasteiger partial charge in [0.25, 0.3) is 0 Å². The number of hydrogen-bond acceptors (Lipinski definition) is 2. The fourth-order valence-electron chi connectivity index (χ4n) is 5.28. The van der Waals surface area contributed by atoms with Crippen LogP contribution in [-0.2, 0) is 0 Å². The minimum Gasteiger partial charge on any atom is -0.396 e. The van der Waals surface area contributed by atoms with Gasteiger partial charge < -0.3 is 10.0 Å². The molecule has 0 aliphatic heterocycles. The molecule has 0 unspecified atom stereocenters. The Hall–Kier alpha value is -1.12. The van der Waals surface area contributed by atoms with Gasteiger partial charge in [-0.05, 0) is 96.6 Å². The number of allylic oxidation sites excluding steroid dienone is 8. The van der Waals surface area contributed by atoms with Gasteiger partial charge in [0, 0.05) is 13.2 Å². The van der Waals surface area contributed by atoms with E-state index in [0.29, 0.717) is 6.61 Å². The van der Waals surface area contributed by atoms with Gasteiger partial charge in [0.05, 0.1) is 0 Å². The Kier molecular flexibility index (Phi) is 35.9. The van der Waals surface area contributed by atoms with Crippen molar-refractivity contribution >= 4 is 0 Å². The van der Waals surface area contributed by atoms with Gasteiger partial charge in [-0.15, -0.1) is 0 Å². The largest absolute Gasteiger partial charge is 0.396 e. The summed E-state index contributed by atoms with van der Waals surface area (Å²) in [6.07, 6.45) is 51.2. The molecule has 0 aromatic heterocycles. The van der Waals surface area contributed by atoms with E-state index < -0.39 is 0 Å². The van der Waals surface area contributed by atoms with E-state index in [1.54, 1.807) is 0 Å². The van der Waals surface area contributed by atoms with Crippen molar-refractivity contribution in [2.75, 3.05) is 26.2 Å². The summed E-state index contributed by atoms with van der Waals surface area (Å²) in [7, 11) is 0. The number of rotatable bonds is 33. The van der Waals surface area contributed by atoms with E-state index >= 15 is 0 Å². The highest BCUT2D eigenvalue weighted by Gasteiger charge is 2.04. The molecule has 0 aliphatic carbocycles. The lowest BCUT2D eigenvalue weighted by atomic mass is 10.1. The first-order valence-corrected chi connectivity index (χ1v) is 18.3. The maximum absolute atomic E-state index is 9.30. The van der Waals surface area contributed by atoms with E-state index in [0.717, 1.165) is 25.8 Å². The van der Waals surface area contributed by atoms with Crippen LogP contribution in [0.2, 0.25) is 0 Å². The second-order valence-electron chi connectivity index (χ2n) is 12.1. The van der Waals surface area contributed by atoms with E-state index in [2.05, 4.69) is 67.4 Å². The molecule has 0 rings (SSSR count). The lowest BCUT2D eigenvalue weighted by molar-refractivity contribution is 0.217. The van der Waals surface area contributed by atoms with E-state index in [9.17, 15) is 5.11 Å². The first-order valence-electron chi connectivity index (χ1n) is 18.3. The molecule has 0 atom stereocenters. The third kappa shape index (κ3) is 35.0. The zero-order valence-electron chi connectivity index (χ0n) is 28.0. The van der Waals surface area contributed by atoms with Gasteiger partial charge in [-0.25, -0.2) is 0 Å². The molecule has 0 aromatic carbocycles. The van der Waals surface area contributed by atoms with Crippen LogP contribution in [0.5, 0.6) is 0 Å². The summed E-state index contributed by atoms with van der Waals surface area (Å²) in [6, 6.07) is 0. The third-order valence-corrected chi connectivity index (χ3v) is 7.98. The van der Waals surface area contributed by atoms with Gasteiger partial charge in [-0.3, -0.25) is 0 Å². The van der Waals surface area contributed by atoms with E-state index in [-0.39, 0.29) is 0 Å². The van der Waals surface area contributed by atoms with E-state index in [1.165, 1.54) is 154 Å². The fraction of sp³-hybridized carbons (Fsp3) is 0.795. The molecule has 41 heavy (non-hydrogen) atoms.